The van der Waals surface area contributed by atoms with Crippen molar-refractivity contribution in [1.29, 1.82) is 0 Å². The number of carbonyl (C=O) groups is 2. The van der Waals surface area contributed by atoms with Crippen LogP contribution < -0.4 is 5.32 Å². The van der Waals surface area contributed by atoms with Gasteiger partial charge in [-0.25, -0.2) is 0 Å². The number of hydrogen-bond donors (Lipinski definition) is 1. The monoisotopic (exact) mass is 275 g/mol. The summed E-state index contributed by atoms with van der Waals surface area (Å²) in [6.45, 7) is 1.91. The van der Waals surface area contributed by atoms with Gasteiger partial charge in [-0.05, 0) is 17.9 Å². The van der Waals surface area contributed by atoms with Gasteiger partial charge < -0.3 is 10.1 Å². The number of aryl methyl sites for hydroxylation is 1. The minimum absolute atomic E-state index is 0.0985. The van der Waals surface area contributed by atoms with Crippen LogP contribution in [0, 0.1) is 6.92 Å². The van der Waals surface area contributed by atoms with Crippen LogP contribution in [0.4, 0.5) is 5.69 Å². The molecule has 0 fully saturated rings. The predicted molar refractivity (Wildman–Crippen MR) is 61.2 cm³/mol. The first kappa shape index (κ1) is 11.4. The maximum Gasteiger partial charge on any atom is 0.235 e. The molecule has 1 aromatic rings. The average molecular weight is 276 g/mol. The smallest absolute Gasteiger partial charge is 0.235 e. The number of alkyl halides is 1. The highest BCUT2D eigenvalue weighted by Crippen LogP contribution is 2.27. The molecule has 0 aromatic carbocycles. The van der Waals surface area contributed by atoms with Gasteiger partial charge in [-0.1, -0.05) is 15.9 Å². The summed E-state index contributed by atoms with van der Waals surface area (Å²) in [5, 5.41) is 4.96. The van der Waals surface area contributed by atoms with Crippen LogP contribution in [-0.4, -0.2) is 17.5 Å². The maximum atomic E-state index is 11.1. The Balaban J connectivity index is 2.87. The standard InChI is InChI=1S/C9H10BrNO2S/c1-6-5-14-7(2-3-12)9(6)11-8(13)4-10/h3,5H,2,4H2,1H3,(H,11,13). The van der Waals surface area contributed by atoms with Crippen molar-refractivity contribution in [2.75, 3.05) is 10.6 Å². The molecule has 0 radical (unpaired) electrons. The van der Waals surface area contributed by atoms with Crippen molar-refractivity contribution >= 4 is 45.1 Å². The van der Waals surface area contributed by atoms with Crippen molar-refractivity contribution in [3.05, 3.63) is 15.8 Å². The molecule has 0 saturated heterocycles. The topological polar surface area (TPSA) is 46.2 Å². The van der Waals surface area contributed by atoms with E-state index in [9.17, 15) is 9.59 Å². The number of carbonyl (C=O) groups excluding carboxylic acids is 2. The normalized spacial score (nSPS) is 9.86. The first-order valence-corrected chi connectivity index (χ1v) is 6.05. The van der Waals surface area contributed by atoms with E-state index in [0.29, 0.717) is 6.42 Å². The number of anilines is 1. The molecule has 0 atom stereocenters. The average Bonchev–Trinajstić information content (AvgIpc) is 2.50. The number of halogens is 1. The van der Waals surface area contributed by atoms with Crippen molar-refractivity contribution in [3.63, 3.8) is 0 Å². The van der Waals surface area contributed by atoms with Crippen LogP contribution in [0.25, 0.3) is 0 Å². The number of thiophene rings is 1. The van der Waals surface area contributed by atoms with Crippen molar-refractivity contribution in [1.82, 2.24) is 0 Å². The van der Waals surface area contributed by atoms with Gasteiger partial charge in [-0.2, -0.15) is 0 Å². The van der Waals surface area contributed by atoms with E-state index < -0.39 is 0 Å². The van der Waals surface area contributed by atoms with E-state index in [2.05, 4.69) is 21.2 Å². The van der Waals surface area contributed by atoms with E-state index >= 15 is 0 Å². The second-order valence-corrected chi connectivity index (χ2v) is 4.29. The van der Waals surface area contributed by atoms with Crippen molar-refractivity contribution in [2.45, 2.75) is 13.3 Å². The van der Waals surface area contributed by atoms with Crippen molar-refractivity contribution in [3.8, 4) is 0 Å². The number of hydrogen-bond acceptors (Lipinski definition) is 3. The lowest BCUT2D eigenvalue weighted by atomic mass is 10.2. The molecule has 14 heavy (non-hydrogen) atoms. The molecule has 1 N–H and O–H groups in total. The van der Waals surface area contributed by atoms with Crippen molar-refractivity contribution < 1.29 is 9.59 Å². The van der Waals surface area contributed by atoms with Gasteiger partial charge in [0.05, 0.1) is 11.0 Å². The van der Waals surface area contributed by atoms with Gasteiger partial charge in [0.2, 0.25) is 5.91 Å². The van der Waals surface area contributed by atoms with Crippen LogP contribution >= 0.6 is 27.3 Å². The summed E-state index contributed by atoms with van der Waals surface area (Å²) in [4.78, 5) is 22.4. The van der Waals surface area contributed by atoms with Gasteiger partial charge in [0.15, 0.2) is 0 Å². The Morgan fingerprint density at radius 3 is 3.00 bits per heavy atom. The maximum absolute atomic E-state index is 11.1. The summed E-state index contributed by atoms with van der Waals surface area (Å²) in [6.07, 6.45) is 1.20. The summed E-state index contributed by atoms with van der Waals surface area (Å²) in [5.74, 6) is -0.0985. The van der Waals surface area contributed by atoms with Gasteiger partial charge in [0.25, 0.3) is 0 Å². The lowest BCUT2D eigenvalue weighted by Gasteiger charge is -2.04. The zero-order valence-electron chi connectivity index (χ0n) is 7.67. The number of rotatable bonds is 4. The van der Waals surface area contributed by atoms with Crippen LogP contribution in [0.1, 0.15) is 10.4 Å². The van der Waals surface area contributed by atoms with Gasteiger partial charge in [0, 0.05) is 11.3 Å². The third-order valence-electron chi connectivity index (χ3n) is 1.71. The molecule has 0 saturated carbocycles. The van der Waals surface area contributed by atoms with Gasteiger partial charge in [-0.3, -0.25) is 4.79 Å². The highest BCUT2D eigenvalue weighted by atomic mass is 79.9. The molecule has 0 spiro atoms. The van der Waals surface area contributed by atoms with E-state index in [1.807, 2.05) is 12.3 Å². The minimum atomic E-state index is -0.0985. The molecule has 76 valence electrons. The molecule has 1 heterocycles. The Bertz CT molecular complexity index is 349. The fraction of sp³-hybridized carbons (Fsp3) is 0.333. The zero-order valence-corrected chi connectivity index (χ0v) is 10.1. The third kappa shape index (κ3) is 2.65. The molecule has 0 aliphatic carbocycles. The van der Waals surface area contributed by atoms with Crippen LogP contribution in [-0.2, 0) is 16.0 Å². The van der Waals surface area contributed by atoms with Crippen LogP contribution in [0.3, 0.4) is 0 Å². The Morgan fingerprint density at radius 1 is 1.71 bits per heavy atom. The lowest BCUT2D eigenvalue weighted by Crippen LogP contribution is -2.13. The van der Waals surface area contributed by atoms with Crippen molar-refractivity contribution in [2.24, 2.45) is 0 Å². The van der Waals surface area contributed by atoms with E-state index in [1.165, 1.54) is 11.3 Å². The Hall–Kier alpha value is -0.680. The van der Waals surface area contributed by atoms with E-state index in [0.717, 1.165) is 22.4 Å². The van der Waals surface area contributed by atoms with Gasteiger partial charge in [0.1, 0.15) is 6.29 Å². The summed E-state index contributed by atoms with van der Waals surface area (Å²) >= 11 is 4.56. The zero-order chi connectivity index (χ0) is 10.6. The molecule has 0 unspecified atom stereocenters. The van der Waals surface area contributed by atoms with Crippen LogP contribution in [0.2, 0.25) is 0 Å². The fourth-order valence-electron chi connectivity index (χ4n) is 1.06. The number of amides is 1. The Labute approximate surface area is 94.6 Å². The molecule has 1 amide bonds. The van der Waals surface area contributed by atoms with Crippen LogP contribution in [0.15, 0.2) is 5.38 Å². The number of nitrogens with one attached hydrogen (secondary N) is 1. The van der Waals surface area contributed by atoms with Gasteiger partial charge >= 0.3 is 0 Å². The molecule has 3 nitrogen and oxygen atoms in total. The molecular weight excluding hydrogens is 266 g/mol. The highest BCUT2D eigenvalue weighted by Gasteiger charge is 2.10. The Morgan fingerprint density at radius 2 is 2.43 bits per heavy atom. The van der Waals surface area contributed by atoms with E-state index in [-0.39, 0.29) is 11.2 Å². The van der Waals surface area contributed by atoms with E-state index in [4.69, 9.17) is 0 Å². The van der Waals surface area contributed by atoms with Gasteiger partial charge in [-0.15, -0.1) is 11.3 Å². The summed E-state index contributed by atoms with van der Waals surface area (Å²) in [7, 11) is 0. The largest absolute Gasteiger partial charge is 0.324 e. The molecule has 0 aliphatic rings. The second kappa shape index (κ2) is 5.26. The lowest BCUT2D eigenvalue weighted by molar-refractivity contribution is -0.113. The fourth-order valence-corrected chi connectivity index (χ4v) is 2.14. The molecule has 0 bridgehead atoms. The first-order chi connectivity index (χ1) is 6.69. The molecular formula is C9H10BrNO2S. The quantitative estimate of drug-likeness (QED) is 0.676. The minimum Gasteiger partial charge on any atom is -0.324 e. The molecule has 1 aromatic heterocycles. The third-order valence-corrected chi connectivity index (χ3v) is 3.34. The highest BCUT2D eigenvalue weighted by molar-refractivity contribution is 9.09. The number of aldehydes is 1. The summed E-state index contributed by atoms with van der Waals surface area (Å²) in [5.41, 5.74) is 1.78. The SMILES string of the molecule is Cc1csc(CC=O)c1NC(=O)CBr. The molecule has 1 rings (SSSR count). The predicted octanol–water partition coefficient (Wildman–Crippen LogP) is 2.13. The molecule has 0 aliphatic heterocycles. The van der Waals surface area contributed by atoms with E-state index in [1.54, 1.807) is 0 Å². The Kier molecular flexibility index (Phi) is 4.28. The summed E-state index contributed by atoms with van der Waals surface area (Å²) < 4.78 is 0. The molecule has 5 heteroatoms. The second-order valence-electron chi connectivity index (χ2n) is 2.77. The van der Waals surface area contributed by atoms with Crippen LogP contribution in [0.5, 0.6) is 0 Å². The first-order valence-electron chi connectivity index (χ1n) is 4.05. The summed E-state index contributed by atoms with van der Waals surface area (Å²) in [6, 6.07) is 0.